The van der Waals surface area contributed by atoms with Crippen molar-refractivity contribution in [1.29, 1.82) is 0 Å². The minimum atomic E-state index is -1.27. The number of nitrogens with one attached hydrogen (secondary N) is 1. The van der Waals surface area contributed by atoms with Crippen LogP contribution in [0.5, 0.6) is 0 Å². The summed E-state index contributed by atoms with van der Waals surface area (Å²) in [5.74, 6) is -3.14. The molecule has 86 valence electrons. The number of pyridine rings is 1. The van der Waals surface area contributed by atoms with E-state index in [1.54, 1.807) is 0 Å². The van der Waals surface area contributed by atoms with Crippen molar-refractivity contribution in [3.8, 4) is 0 Å². The van der Waals surface area contributed by atoms with Crippen molar-refractivity contribution >= 4 is 5.91 Å². The van der Waals surface area contributed by atoms with Crippen LogP contribution < -0.4 is 5.32 Å². The van der Waals surface area contributed by atoms with Crippen LogP contribution in [-0.4, -0.2) is 30.1 Å². The molecule has 1 aliphatic rings. The Morgan fingerprint density at radius 1 is 1.56 bits per heavy atom. The van der Waals surface area contributed by atoms with E-state index in [4.69, 9.17) is 4.74 Å². The van der Waals surface area contributed by atoms with Crippen molar-refractivity contribution in [3.05, 3.63) is 29.6 Å². The lowest BCUT2D eigenvalue weighted by Gasteiger charge is -2.10. The van der Waals surface area contributed by atoms with Gasteiger partial charge in [0.15, 0.2) is 5.82 Å². The molecule has 6 heteroatoms. The normalized spacial score (nSPS) is 19.8. The Hall–Kier alpha value is -1.56. The third kappa shape index (κ3) is 2.16. The number of rotatable bonds is 2. The zero-order valence-corrected chi connectivity index (χ0v) is 8.37. The third-order valence-corrected chi connectivity index (χ3v) is 2.36. The minimum Gasteiger partial charge on any atom is -0.379 e. The van der Waals surface area contributed by atoms with Crippen molar-refractivity contribution in [3.63, 3.8) is 0 Å². The van der Waals surface area contributed by atoms with E-state index in [0.29, 0.717) is 19.6 Å². The molecule has 1 aromatic heterocycles. The summed E-state index contributed by atoms with van der Waals surface area (Å²) in [5.41, 5.74) is -0.334. The number of carbonyl (C=O) groups excluding carboxylic acids is 1. The Balaban J connectivity index is 2.11. The average Bonchev–Trinajstić information content (AvgIpc) is 2.74. The second kappa shape index (κ2) is 4.52. The van der Waals surface area contributed by atoms with Crippen LogP contribution in [0.25, 0.3) is 0 Å². The zero-order chi connectivity index (χ0) is 11.5. The van der Waals surface area contributed by atoms with Crippen molar-refractivity contribution in [2.45, 2.75) is 12.5 Å². The molecule has 1 saturated heterocycles. The van der Waals surface area contributed by atoms with E-state index in [1.165, 1.54) is 0 Å². The highest BCUT2D eigenvalue weighted by Gasteiger charge is 2.21. The third-order valence-electron chi connectivity index (χ3n) is 2.36. The molecular weight excluding hydrogens is 218 g/mol. The van der Waals surface area contributed by atoms with E-state index in [1.807, 2.05) is 0 Å². The fraction of sp³-hybridized carbons (Fsp3) is 0.400. The quantitative estimate of drug-likeness (QED) is 0.764. The number of hydrogen-bond acceptors (Lipinski definition) is 3. The Morgan fingerprint density at radius 3 is 3.06 bits per heavy atom. The molecule has 1 atom stereocenters. The van der Waals surface area contributed by atoms with E-state index in [2.05, 4.69) is 10.3 Å². The molecule has 1 fully saturated rings. The van der Waals surface area contributed by atoms with Crippen molar-refractivity contribution in [1.82, 2.24) is 10.3 Å². The standard InChI is InChI=1S/C10H10F2N2O2/c11-8-7(1-3-13-9(8)12)10(15)14-6-2-4-16-5-6/h1,3,6H,2,4-5H2,(H,14,15). The Kier molecular flexibility index (Phi) is 3.09. The van der Waals surface area contributed by atoms with Gasteiger partial charge >= 0.3 is 0 Å². The Bertz CT molecular complexity index is 406. The number of aromatic nitrogens is 1. The first-order chi connectivity index (χ1) is 7.68. The van der Waals surface area contributed by atoms with E-state index in [9.17, 15) is 13.6 Å². The lowest BCUT2D eigenvalue weighted by atomic mass is 10.2. The van der Waals surface area contributed by atoms with Crippen molar-refractivity contribution in [2.75, 3.05) is 13.2 Å². The van der Waals surface area contributed by atoms with Gasteiger partial charge in [0.25, 0.3) is 5.91 Å². The summed E-state index contributed by atoms with van der Waals surface area (Å²) in [6, 6.07) is 1.01. The molecule has 0 bridgehead atoms. The van der Waals surface area contributed by atoms with Crippen LogP contribution >= 0.6 is 0 Å². The molecule has 1 amide bonds. The minimum absolute atomic E-state index is 0.136. The summed E-state index contributed by atoms with van der Waals surface area (Å²) >= 11 is 0. The highest BCUT2D eigenvalue weighted by atomic mass is 19.2. The Labute approximate surface area is 90.6 Å². The molecule has 0 aromatic carbocycles. The van der Waals surface area contributed by atoms with E-state index >= 15 is 0 Å². The van der Waals surface area contributed by atoms with Gasteiger partial charge in [0.05, 0.1) is 18.2 Å². The summed E-state index contributed by atoms with van der Waals surface area (Å²) in [5, 5.41) is 2.56. The first kappa shape index (κ1) is 10.9. The van der Waals surface area contributed by atoms with Gasteiger partial charge in [-0.3, -0.25) is 4.79 Å². The molecule has 0 radical (unpaired) electrons. The molecule has 1 unspecified atom stereocenters. The largest absolute Gasteiger partial charge is 0.379 e. The van der Waals surface area contributed by atoms with Crippen LogP contribution in [0.1, 0.15) is 16.8 Å². The molecule has 0 saturated carbocycles. The topological polar surface area (TPSA) is 51.2 Å². The van der Waals surface area contributed by atoms with Crippen molar-refractivity contribution < 1.29 is 18.3 Å². The van der Waals surface area contributed by atoms with Gasteiger partial charge < -0.3 is 10.1 Å². The molecule has 4 nitrogen and oxygen atoms in total. The fourth-order valence-corrected chi connectivity index (χ4v) is 1.51. The molecule has 0 aliphatic carbocycles. The average molecular weight is 228 g/mol. The zero-order valence-electron chi connectivity index (χ0n) is 8.37. The predicted molar refractivity (Wildman–Crippen MR) is 50.8 cm³/mol. The lowest BCUT2D eigenvalue weighted by Crippen LogP contribution is -2.35. The van der Waals surface area contributed by atoms with Crippen molar-refractivity contribution in [2.24, 2.45) is 0 Å². The fourth-order valence-electron chi connectivity index (χ4n) is 1.51. The van der Waals surface area contributed by atoms with Crippen LogP contribution in [0.15, 0.2) is 12.3 Å². The van der Waals surface area contributed by atoms with Crippen LogP contribution in [0.3, 0.4) is 0 Å². The van der Waals surface area contributed by atoms with E-state index < -0.39 is 17.7 Å². The molecule has 0 spiro atoms. The van der Waals surface area contributed by atoms with E-state index in [-0.39, 0.29) is 11.6 Å². The summed E-state index contributed by atoms with van der Waals surface area (Å²) in [6.07, 6.45) is 1.74. The molecule has 1 N–H and O–H groups in total. The van der Waals surface area contributed by atoms with Gasteiger partial charge in [-0.2, -0.15) is 4.39 Å². The SMILES string of the molecule is O=C(NC1CCOC1)c1ccnc(F)c1F. The first-order valence-electron chi connectivity index (χ1n) is 4.87. The molecule has 16 heavy (non-hydrogen) atoms. The molecule has 1 aromatic rings. The van der Waals surface area contributed by atoms with Crippen LogP contribution in [0, 0.1) is 11.8 Å². The Morgan fingerprint density at radius 2 is 2.38 bits per heavy atom. The summed E-state index contributed by atoms with van der Waals surface area (Å²) in [6.45, 7) is 0.971. The molecule has 2 heterocycles. The number of hydrogen-bond donors (Lipinski definition) is 1. The van der Waals surface area contributed by atoms with Crippen LogP contribution in [0.4, 0.5) is 8.78 Å². The highest BCUT2D eigenvalue weighted by molar-refractivity contribution is 5.94. The van der Waals surface area contributed by atoms with Crippen LogP contribution in [0.2, 0.25) is 0 Å². The van der Waals surface area contributed by atoms with Gasteiger partial charge in [-0.05, 0) is 12.5 Å². The van der Waals surface area contributed by atoms with E-state index in [0.717, 1.165) is 12.3 Å². The maximum atomic E-state index is 13.2. The second-order valence-electron chi connectivity index (χ2n) is 3.50. The molecule has 1 aliphatic heterocycles. The van der Waals surface area contributed by atoms with Gasteiger partial charge in [-0.15, -0.1) is 0 Å². The summed E-state index contributed by atoms with van der Waals surface area (Å²) in [7, 11) is 0. The van der Waals surface area contributed by atoms with Gasteiger partial charge in [0, 0.05) is 12.8 Å². The highest BCUT2D eigenvalue weighted by Crippen LogP contribution is 2.10. The number of halogens is 2. The van der Waals surface area contributed by atoms with Gasteiger partial charge in [-0.25, -0.2) is 9.37 Å². The maximum Gasteiger partial charge on any atom is 0.254 e. The molecule has 2 rings (SSSR count). The number of ether oxygens (including phenoxy) is 1. The summed E-state index contributed by atoms with van der Waals surface area (Å²) < 4.78 is 31.0. The summed E-state index contributed by atoms with van der Waals surface area (Å²) in [4.78, 5) is 14.7. The van der Waals surface area contributed by atoms with Gasteiger partial charge in [0.2, 0.25) is 5.95 Å². The predicted octanol–water partition coefficient (Wildman–Crippen LogP) is 0.879. The molecular formula is C10H10F2N2O2. The lowest BCUT2D eigenvalue weighted by molar-refractivity contribution is 0.0924. The van der Waals surface area contributed by atoms with Gasteiger partial charge in [0.1, 0.15) is 0 Å². The number of carbonyl (C=O) groups is 1. The smallest absolute Gasteiger partial charge is 0.254 e. The monoisotopic (exact) mass is 228 g/mol. The van der Waals surface area contributed by atoms with Crippen LogP contribution in [-0.2, 0) is 4.74 Å². The first-order valence-corrected chi connectivity index (χ1v) is 4.87. The number of nitrogens with zero attached hydrogens (tertiary/aromatic N) is 1. The maximum absolute atomic E-state index is 13.2. The second-order valence-corrected chi connectivity index (χ2v) is 3.50. The van der Waals surface area contributed by atoms with Gasteiger partial charge in [-0.1, -0.05) is 0 Å². The number of amides is 1.